The monoisotopic (exact) mass is 445 g/mol. The van der Waals surface area contributed by atoms with Crippen molar-refractivity contribution in [3.63, 3.8) is 0 Å². The summed E-state index contributed by atoms with van der Waals surface area (Å²) in [7, 11) is -15.7. The Morgan fingerprint density at radius 2 is 1.04 bits per heavy atom. The highest BCUT2D eigenvalue weighted by Gasteiger charge is 2.24. The van der Waals surface area contributed by atoms with Gasteiger partial charge in [-0.2, -0.15) is 0 Å². The van der Waals surface area contributed by atoms with Crippen molar-refractivity contribution in [1.29, 1.82) is 0 Å². The fourth-order valence-corrected chi connectivity index (χ4v) is 4.86. The predicted molar refractivity (Wildman–Crippen MR) is 94.2 cm³/mol. The Kier molecular flexibility index (Phi) is 17.8. The van der Waals surface area contributed by atoms with Crippen LogP contribution in [0.4, 0.5) is 0 Å². The van der Waals surface area contributed by atoms with Gasteiger partial charge in [-0.15, -0.1) is 0 Å². The van der Waals surface area contributed by atoms with Gasteiger partial charge in [-0.1, -0.05) is 24.3 Å². The van der Waals surface area contributed by atoms with Crippen LogP contribution in [0.3, 0.4) is 0 Å². The second-order valence-corrected chi connectivity index (χ2v) is 9.86. The third kappa shape index (κ3) is 18.6. The van der Waals surface area contributed by atoms with Gasteiger partial charge in [0.15, 0.2) is 15.2 Å². The zero-order chi connectivity index (χ0) is 18.3. The van der Waals surface area contributed by atoms with Gasteiger partial charge in [0, 0.05) is 0 Å². The van der Waals surface area contributed by atoms with Gasteiger partial charge < -0.3 is 51.7 Å². The Bertz CT molecular complexity index is 539. The summed E-state index contributed by atoms with van der Waals surface area (Å²) in [6.45, 7) is 9.70. The van der Waals surface area contributed by atoms with Gasteiger partial charge in [0.05, 0.1) is 13.2 Å². The second kappa shape index (κ2) is 13.9. The van der Waals surface area contributed by atoms with Crippen LogP contribution in [0, 0.1) is 0 Å². The molecule has 0 aromatic heterocycles. The molecule has 0 aromatic rings. The summed E-state index contributed by atoms with van der Waals surface area (Å²) in [6.07, 6.45) is -2.18. The zero-order valence-electron chi connectivity index (χ0n) is 15.7. The van der Waals surface area contributed by atoms with Gasteiger partial charge in [-0.25, -0.2) is 0 Å². The standard InChI is InChI=1S/C10H21O10P3.3H3N/c1-9(2)5-17-7-21(11,12)19-23(15,16)20-22(13,14)8-18-6-10(3)4;;;/h1,3,5-8H2,2,4H3,(H,11,12)(H,13,14)(H,15,16);3*1H3. The number of ether oxygens (including phenoxy) is 2. The molecule has 2 unspecified atom stereocenters. The fourth-order valence-electron chi connectivity index (χ4n) is 1.03. The van der Waals surface area contributed by atoms with Crippen molar-refractivity contribution in [2.24, 2.45) is 0 Å². The first-order valence-corrected chi connectivity index (χ1v) is 10.9. The summed E-state index contributed by atoms with van der Waals surface area (Å²) in [5.74, 6) is 0. The first-order valence-electron chi connectivity index (χ1n) is 6.03. The SMILES string of the molecule is C=C(C)COCP(=O)([O-])OP(=O)([O-])OP(=O)([O-])COCC(=C)C.[NH4+].[NH4+].[NH4+]. The Balaban J connectivity index is -0.000000807. The van der Waals surface area contributed by atoms with Crippen LogP contribution in [0.15, 0.2) is 24.3 Å². The van der Waals surface area contributed by atoms with E-state index in [4.69, 9.17) is 0 Å². The molecule has 0 saturated heterocycles. The van der Waals surface area contributed by atoms with Crippen LogP contribution in [-0.2, 0) is 31.8 Å². The second-order valence-electron chi connectivity index (χ2n) is 4.70. The summed E-state index contributed by atoms with van der Waals surface area (Å²) in [6, 6.07) is 0. The van der Waals surface area contributed by atoms with Gasteiger partial charge in [0.2, 0.25) is 0 Å². The summed E-state index contributed by atoms with van der Waals surface area (Å²) in [4.78, 5) is 34.1. The van der Waals surface area contributed by atoms with Crippen LogP contribution >= 0.6 is 23.0 Å². The first-order chi connectivity index (χ1) is 10.2. The minimum Gasteiger partial charge on any atom is -0.777 e. The van der Waals surface area contributed by atoms with Crippen LogP contribution in [0.1, 0.15) is 13.8 Å². The summed E-state index contributed by atoms with van der Waals surface area (Å²) in [5, 5.41) is 0. The molecule has 16 heteroatoms. The smallest absolute Gasteiger partial charge is 0.277 e. The molecule has 0 rings (SSSR count). The molecule has 2 atom stereocenters. The number of quaternary nitrogens is 3. The molecule has 0 amide bonds. The Labute approximate surface area is 152 Å². The quantitative estimate of drug-likeness (QED) is 0.289. The Morgan fingerprint density at radius 1 is 0.769 bits per heavy atom. The van der Waals surface area contributed by atoms with E-state index in [0.717, 1.165) is 0 Å². The molecule has 0 aromatic carbocycles. The van der Waals surface area contributed by atoms with Gasteiger partial charge in [-0.05, 0) is 13.8 Å². The lowest BCUT2D eigenvalue weighted by atomic mass is 10.4. The molecule has 0 fully saturated rings. The third-order valence-corrected chi connectivity index (χ3v) is 6.23. The molecule has 0 aliphatic carbocycles. The summed E-state index contributed by atoms with van der Waals surface area (Å²) >= 11 is 0. The maximum Gasteiger partial charge on any atom is 0.277 e. The van der Waals surface area contributed by atoms with Crippen molar-refractivity contribution in [3.05, 3.63) is 24.3 Å². The van der Waals surface area contributed by atoms with Crippen molar-refractivity contribution in [3.8, 4) is 0 Å². The van der Waals surface area contributed by atoms with E-state index in [-0.39, 0.29) is 31.7 Å². The predicted octanol–water partition coefficient (Wildman–Crippen LogP) is 1.82. The normalized spacial score (nSPS) is 17.1. The minimum absolute atomic E-state index is 0. The number of hydrogen-bond acceptors (Lipinski definition) is 10. The highest BCUT2D eigenvalue weighted by molar-refractivity contribution is 7.68. The van der Waals surface area contributed by atoms with Gasteiger partial charge >= 0.3 is 0 Å². The van der Waals surface area contributed by atoms with Gasteiger partial charge in [0.1, 0.15) is 12.7 Å². The van der Waals surface area contributed by atoms with E-state index >= 15 is 0 Å². The molecular weight excluding hydrogens is 415 g/mol. The largest absolute Gasteiger partial charge is 0.777 e. The average Bonchev–Trinajstić information content (AvgIpc) is 2.22. The maximum atomic E-state index is 11.4. The van der Waals surface area contributed by atoms with E-state index in [1.54, 1.807) is 13.8 Å². The minimum atomic E-state index is -5.67. The van der Waals surface area contributed by atoms with Crippen LogP contribution < -0.4 is 33.1 Å². The summed E-state index contributed by atoms with van der Waals surface area (Å²) in [5.41, 5.74) is 0.982. The Hall–Kier alpha value is -0.230. The van der Waals surface area contributed by atoms with E-state index in [1.807, 2.05) is 0 Å². The van der Waals surface area contributed by atoms with Crippen molar-refractivity contribution >= 4 is 23.0 Å². The average molecular weight is 445 g/mol. The third-order valence-electron chi connectivity index (χ3n) is 1.64. The van der Waals surface area contributed by atoms with Crippen LogP contribution in [0.2, 0.25) is 0 Å². The lowest BCUT2D eigenvalue weighted by molar-refractivity contribution is -0.237. The highest BCUT2D eigenvalue weighted by atomic mass is 31.3. The van der Waals surface area contributed by atoms with E-state index in [1.165, 1.54) is 0 Å². The molecule has 0 saturated carbocycles. The molecule has 12 N–H and O–H groups in total. The van der Waals surface area contributed by atoms with Crippen molar-refractivity contribution in [2.45, 2.75) is 13.8 Å². The molecule has 0 spiro atoms. The zero-order valence-corrected chi connectivity index (χ0v) is 18.4. The van der Waals surface area contributed by atoms with E-state index < -0.39 is 35.7 Å². The molecule has 0 bridgehead atoms. The first kappa shape index (κ1) is 33.4. The molecule has 0 radical (unpaired) electrons. The topological polar surface area (TPSA) is 267 Å². The molecular formula is C10H30N3O10P3. The molecule has 0 aliphatic rings. The number of rotatable bonds is 12. The van der Waals surface area contributed by atoms with Crippen molar-refractivity contribution < 1.29 is 46.5 Å². The number of hydrogen-bond donors (Lipinski definition) is 3. The fraction of sp³-hybridized carbons (Fsp3) is 0.600. The summed E-state index contributed by atoms with van der Waals surface area (Å²) < 4.78 is 50.9. The van der Waals surface area contributed by atoms with Crippen molar-refractivity contribution in [2.75, 3.05) is 25.9 Å². The number of phosphoric acid groups is 1. The molecule has 160 valence electrons. The maximum absolute atomic E-state index is 11.4. The lowest BCUT2D eigenvalue weighted by Gasteiger charge is -2.35. The van der Waals surface area contributed by atoms with Gasteiger partial charge in [-0.3, -0.25) is 13.2 Å². The molecule has 0 aliphatic heterocycles. The highest BCUT2D eigenvalue weighted by Crippen LogP contribution is 2.62. The Morgan fingerprint density at radius 3 is 1.27 bits per heavy atom. The lowest BCUT2D eigenvalue weighted by Crippen LogP contribution is -2.18. The molecule has 26 heavy (non-hydrogen) atoms. The molecule has 0 heterocycles. The van der Waals surface area contributed by atoms with Crippen LogP contribution in [-0.4, -0.2) is 25.9 Å². The van der Waals surface area contributed by atoms with E-state index in [9.17, 15) is 28.4 Å². The van der Waals surface area contributed by atoms with Gasteiger partial charge in [0.25, 0.3) is 7.82 Å². The van der Waals surface area contributed by atoms with E-state index in [2.05, 4.69) is 31.3 Å². The molecule has 13 nitrogen and oxygen atoms in total. The van der Waals surface area contributed by atoms with E-state index in [0.29, 0.717) is 11.1 Å². The van der Waals surface area contributed by atoms with Crippen molar-refractivity contribution in [1.82, 2.24) is 18.5 Å². The van der Waals surface area contributed by atoms with Crippen LogP contribution in [0.5, 0.6) is 0 Å². The van der Waals surface area contributed by atoms with Crippen LogP contribution in [0.25, 0.3) is 0 Å².